The van der Waals surface area contributed by atoms with Gasteiger partial charge in [-0.15, -0.1) is 0 Å². The molecule has 2 fully saturated rings. The maximum atomic E-state index is 12.5. The van der Waals surface area contributed by atoms with Crippen molar-refractivity contribution in [1.29, 1.82) is 0 Å². The van der Waals surface area contributed by atoms with E-state index in [0.717, 1.165) is 12.8 Å². The molecule has 5 nitrogen and oxygen atoms in total. The Morgan fingerprint density at radius 3 is 2.76 bits per heavy atom. The van der Waals surface area contributed by atoms with Crippen molar-refractivity contribution in [3.05, 3.63) is 29.8 Å². The summed E-state index contributed by atoms with van der Waals surface area (Å²) in [5.41, 5.74) is -0.547. The number of hydrogen-bond donors (Lipinski definition) is 2. The average Bonchev–Trinajstić information content (AvgIpc) is 3.03. The van der Waals surface area contributed by atoms with Crippen molar-refractivity contribution in [2.75, 3.05) is 18.4 Å². The summed E-state index contributed by atoms with van der Waals surface area (Å²) in [6.07, 6.45) is -3.21. The lowest BCUT2D eigenvalue weighted by Gasteiger charge is -2.23. The van der Waals surface area contributed by atoms with Crippen LogP contribution in [-0.4, -0.2) is 41.3 Å². The molecule has 0 spiro atoms. The summed E-state index contributed by atoms with van der Waals surface area (Å²) in [7, 11) is 0. The number of anilines is 1. The molecule has 1 heterocycles. The van der Waals surface area contributed by atoms with Gasteiger partial charge in [0.25, 0.3) is 0 Å². The van der Waals surface area contributed by atoms with Gasteiger partial charge in [-0.25, -0.2) is 4.79 Å². The minimum atomic E-state index is -4.32. The number of carbonyl (C=O) groups is 2. The second-order valence-corrected chi connectivity index (χ2v) is 6.85. The molecule has 1 saturated heterocycles. The molecule has 0 unspecified atom stereocenters. The fourth-order valence-electron chi connectivity index (χ4n) is 3.99. The highest BCUT2D eigenvalue weighted by Gasteiger charge is 2.55. The Hall–Kier alpha value is -2.25. The SMILES string of the molecule is O=C(Nc1cccc(CC(F)(F)F)c1)N1C[C@@H]2CCC[C@@]2(C(=O)O)C1. The largest absolute Gasteiger partial charge is 0.481 e. The van der Waals surface area contributed by atoms with Crippen molar-refractivity contribution in [3.63, 3.8) is 0 Å². The fourth-order valence-corrected chi connectivity index (χ4v) is 3.99. The van der Waals surface area contributed by atoms with E-state index in [0.29, 0.717) is 13.0 Å². The molecule has 8 heteroatoms. The zero-order valence-corrected chi connectivity index (χ0v) is 13.5. The van der Waals surface area contributed by atoms with E-state index >= 15 is 0 Å². The van der Waals surface area contributed by atoms with E-state index in [2.05, 4.69) is 5.32 Å². The summed E-state index contributed by atoms with van der Waals surface area (Å²) in [6.45, 7) is 0.501. The van der Waals surface area contributed by atoms with E-state index in [9.17, 15) is 27.9 Å². The first-order valence-corrected chi connectivity index (χ1v) is 8.15. The molecule has 1 aromatic rings. The molecule has 0 bridgehead atoms. The normalized spacial score (nSPS) is 25.7. The van der Waals surface area contributed by atoms with Crippen molar-refractivity contribution < 1.29 is 27.9 Å². The third-order valence-electron chi connectivity index (χ3n) is 5.17. The summed E-state index contributed by atoms with van der Waals surface area (Å²) in [4.78, 5) is 25.5. The Balaban J connectivity index is 1.67. The number of carboxylic acid groups (broad SMARTS) is 1. The van der Waals surface area contributed by atoms with Gasteiger partial charge in [0.2, 0.25) is 0 Å². The number of aliphatic carboxylic acids is 1. The molecule has 1 aliphatic carbocycles. The number of urea groups is 1. The van der Waals surface area contributed by atoms with Gasteiger partial charge in [0.05, 0.1) is 11.8 Å². The molecule has 1 saturated carbocycles. The average molecular weight is 356 g/mol. The second kappa shape index (κ2) is 6.24. The number of fused-ring (bicyclic) bond motifs is 1. The van der Waals surface area contributed by atoms with Gasteiger partial charge in [0.15, 0.2) is 0 Å². The number of alkyl halides is 3. The van der Waals surface area contributed by atoms with Gasteiger partial charge >= 0.3 is 18.2 Å². The first kappa shape index (κ1) is 17.6. The number of halogens is 3. The molecule has 25 heavy (non-hydrogen) atoms. The molecule has 1 aliphatic heterocycles. The number of carbonyl (C=O) groups excluding carboxylic acids is 1. The Kier molecular flexibility index (Phi) is 4.38. The van der Waals surface area contributed by atoms with Crippen molar-refractivity contribution in [3.8, 4) is 0 Å². The van der Waals surface area contributed by atoms with Crippen LogP contribution in [0.3, 0.4) is 0 Å². The minimum absolute atomic E-state index is 0.0607. The van der Waals surface area contributed by atoms with E-state index in [-0.39, 0.29) is 23.7 Å². The first-order valence-electron chi connectivity index (χ1n) is 8.15. The number of nitrogens with zero attached hydrogens (tertiary/aromatic N) is 1. The minimum Gasteiger partial charge on any atom is -0.481 e. The van der Waals surface area contributed by atoms with Crippen molar-refractivity contribution >= 4 is 17.7 Å². The molecular formula is C17H19F3N2O3. The Labute approximate surface area is 142 Å². The van der Waals surface area contributed by atoms with E-state index in [1.165, 1.54) is 29.2 Å². The Bertz CT molecular complexity index is 692. The third kappa shape index (κ3) is 3.57. The molecule has 2 N–H and O–H groups in total. The highest BCUT2D eigenvalue weighted by Crippen LogP contribution is 2.48. The lowest BCUT2D eigenvalue weighted by molar-refractivity contribution is -0.149. The topological polar surface area (TPSA) is 69.6 Å². The molecule has 0 radical (unpaired) electrons. The number of hydrogen-bond acceptors (Lipinski definition) is 2. The van der Waals surface area contributed by atoms with Gasteiger partial charge in [0.1, 0.15) is 0 Å². The molecule has 2 atom stereocenters. The van der Waals surface area contributed by atoms with Crippen LogP contribution in [0.1, 0.15) is 24.8 Å². The number of likely N-dealkylation sites (tertiary alicyclic amines) is 1. The number of nitrogens with one attached hydrogen (secondary N) is 1. The van der Waals surface area contributed by atoms with Gasteiger partial charge in [0, 0.05) is 18.8 Å². The summed E-state index contributed by atoms with van der Waals surface area (Å²) < 4.78 is 37.4. The van der Waals surface area contributed by atoms with E-state index in [1.807, 2.05) is 0 Å². The number of rotatable bonds is 3. The summed E-state index contributed by atoms with van der Waals surface area (Å²) in [6, 6.07) is 5.13. The smallest absolute Gasteiger partial charge is 0.393 e. The standard InChI is InChI=1S/C17H19F3N2O3/c18-17(19,20)8-11-3-1-5-13(7-11)21-15(25)22-9-12-4-2-6-16(12,10-22)14(23)24/h1,3,5,7,12H,2,4,6,8-10H2,(H,21,25)(H,23,24)/t12-,16+/m0/s1. The predicted molar refractivity (Wildman–Crippen MR) is 84.2 cm³/mol. The van der Waals surface area contributed by atoms with Crippen LogP contribution < -0.4 is 5.32 Å². The predicted octanol–water partition coefficient (Wildman–Crippen LogP) is 3.51. The molecular weight excluding hydrogens is 337 g/mol. The molecule has 2 amide bonds. The molecule has 1 aromatic carbocycles. The summed E-state index contributed by atoms with van der Waals surface area (Å²) >= 11 is 0. The molecule has 2 aliphatic rings. The monoisotopic (exact) mass is 356 g/mol. The lowest BCUT2D eigenvalue weighted by Crippen LogP contribution is -2.38. The van der Waals surface area contributed by atoms with Crippen LogP contribution in [0.25, 0.3) is 0 Å². The maximum absolute atomic E-state index is 12.5. The number of benzene rings is 1. The Morgan fingerprint density at radius 2 is 2.12 bits per heavy atom. The van der Waals surface area contributed by atoms with E-state index in [4.69, 9.17) is 0 Å². The highest BCUT2D eigenvalue weighted by atomic mass is 19.4. The van der Waals surface area contributed by atoms with Crippen molar-refractivity contribution in [1.82, 2.24) is 4.90 Å². The van der Waals surface area contributed by atoms with Gasteiger partial charge < -0.3 is 15.3 Å². The van der Waals surface area contributed by atoms with Gasteiger partial charge in [-0.1, -0.05) is 18.6 Å². The summed E-state index contributed by atoms with van der Waals surface area (Å²) in [5, 5.41) is 12.1. The van der Waals surface area contributed by atoms with Crippen molar-refractivity contribution in [2.45, 2.75) is 31.9 Å². The van der Waals surface area contributed by atoms with Gasteiger partial charge in [-0.2, -0.15) is 13.2 Å². The van der Waals surface area contributed by atoms with Crippen LogP contribution in [0.4, 0.5) is 23.7 Å². The number of carboxylic acids is 1. The zero-order valence-electron chi connectivity index (χ0n) is 13.5. The van der Waals surface area contributed by atoms with Crippen LogP contribution in [-0.2, 0) is 11.2 Å². The highest BCUT2D eigenvalue weighted by molar-refractivity contribution is 5.90. The van der Waals surface area contributed by atoms with Gasteiger partial charge in [-0.3, -0.25) is 4.79 Å². The number of amides is 2. The first-order chi connectivity index (χ1) is 11.7. The van der Waals surface area contributed by atoms with Crippen LogP contribution in [0, 0.1) is 11.3 Å². The zero-order chi connectivity index (χ0) is 18.2. The quantitative estimate of drug-likeness (QED) is 0.871. The van der Waals surface area contributed by atoms with Crippen molar-refractivity contribution in [2.24, 2.45) is 11.3 Å². The molecule has 136 valence electrons. The van der Waals surface area contributed by atoms with Crippen LogP contribution in [0.5, 0.6) is 0 Å². The van der Waals surface area contributed by atoms with Crippen LogP contribution in [0.15, 0.2) is 24.3 Å². The van der Waals surface area contributed by atoms with Gasteiger partial charge in [-0.05, 0) is 36.5 Å². The molecule has 3 rings (SSSR count). The second-order valence-electron chi connectivity index (χ2n) is 6.85. The summed E-state index contributed by atoms with van der Waals surface area (Å²) in [5.74, 6) is -0.940. The van der Waals surface area contributed by atoms with E-state index < -0.39 is 30.0 Å². The van der Waals surface area contributed by atoms with Crippen LogP contribution >= 0.6 is 0 Å². The maximum Gasteiger partial charge on any atom is 0.393 e. The van der Waals surface area contributed by atoms with Crippen LogP contribution in [0.2, 0.25) is 0 Å². The molecule has 0 aromatic heterocycles. The lowest BCUT2D eigenvalue weighted by atomic mass is 9.81. The Morgan fingerprint density at radius 1 is 1.36 bits per heavy atom. The fraction of sp³-hybridized carbons (Fsp3) is 0.529. The third-order valence-corrected chi connectivity index (χ3v) is 5.17. The van der Waals surface area contributed by atoms with E-state index in [1.54, 1.807) is 0 Å².